The van der Waals surface area contributed by atoms with Crippen molar-refractivity contribution < 1.29 is 9.32 Å². The SMILES string of the molecule is CCCc1cc(=O)[nH]c(-n2nc(-c3cccs3)cc2NC(=O)c2cc(-c3ccccc3)on2)n1. The van der Waals surface area contributed by atoms with Crippen LogP contribution in [0.3, 0.4) is 0 Å². The lowest BCUT2D eigenvalue weighted by Gasteiger charge is -2.08. The molecule has 170 valence electrons. The number of aromatic nitrogens is 5. The van der Waals surface area contributed by atoms with Crippen LogP contribution in [0.1, 0.15) is 29.5 Å². The number of carbonyl (C=O) groups is 1. The number of nitrogens with zero attached hydrogens (tertiary/aromatic N) is 4. The van der Waals surface area contributed by atoms with Gasteiger partial charge in [0, 0.05) is 29.5 Å². The Bertz CT molecular complexity index is 1480. The zero-order chi connectivity index (χ0) is 23.5. The van der Waals surface area contributed by atoms with Crippen molar-refractivity contribution in [3.05, 3.63) is 87.8 Å². The summed E-state index contributed by atoms with van der Waals surface area (Å²) in [4.78, 5) is 33.4. The molecule has 1 amide bonds. The summed E-state index contributed by atoms with van der Waals surface area (Å²) >= 11 is 1.52. The third-order valence-electron chi connectivity index (χ3n) is 5.01. The summed E-state index contributed by atoms with van der Waals surface area (Å²) in [6.07, 6.45) is 1.49. The van der Waals surface area contributed by atoms with Crippen LogP contribution in [-0.4, -0.2) is 30.8 Å². The highest BCUT2D eigenvalue weighted by atomic mass is 32.1. The molecule has 0 aliphatic heterocycles. The van der Waals surface area contributed by atoms with E-state index in [0.29, 0.717) is 29.4 Å². The predicted molar refractivity (Wildman–Crippen MR) is 129 cm³/mol. The van der Waals surface area contributed by atoms with Crippen molar-refractivity contribution in [3.8, 4) is 27.8 Å². The molecule has 9 nitrogen and oxygen atoms in total. The summed E-state index contributed by atoms with van der Waals surface area (Å²) in [5, 5.41) is 13.3. The fourth-order valence-electron chi connectivity index (χ4n) is 3.46. The number of hydrogen-bond acceptors (Lipinski definition) is 7. The van der Waals surface area contributed by atoms with Crippen LogP contribution in [0.4, 0.5) is 5.82 Å². The number of amides is 1. The zero-order valence-electron chi connectivity index (χ0n) is 18.2. The van der Waals surface area contributed by atoms with Crippen LogP contribution in [0.5, 0.6) is 0 Å². The molecule has 0 saturated carbocycles. The highest BCUT2D eigenvalue weighted by Gasteiger charge is 2.20. The fourth-order valence-corrected chi connectivity index (χ4v) is 4.14. The number of anilines is 1. The van der Waals surface area contributed by atoms with Crippen molar-refractivity contribution in [2.24, 2.45) is 0 Å². The van der Waals surface area contributed by atoms with Gasteiger partial charge < -0.3 is 9.84 Å². The second-order valence-corrected chi connectivity index (χ2v) is 8.46. The minimum Gasteiger partial charge on any atom is -0.355 e. The number of nitrogens with one attached hydrogen (secondary N) is 2. The number of aryl methyl sites for hydroxylation is 1. The van der Waals surface area contributed by atoms with Crippen molar-refractivity contribution in [3.63, 3.8) is 0 Å². The highest BCUT2D eigenvalue weighted by molar-refractivity contribution is 7.13. The summed E-state index contributed by atoms with van der Waals surface area (Å²) in [7, 11) is 0. The summed E-state index contributed by atoms with van der Waals surface area (Å²) in [5.74, 6) is 0.572. The van der Waals surface area contributed by atoms with E-state index >= 15 is 0 Å². The van der Waals surface area contributed by atoms with Crippen LogP contribution in [0, 0.1) is 0 Å². The zero-order valence-corrected chi connectivity index (χ0v) is 19.0. The number of carbonyl (C=O) groups excluding carboxylic acids is 1. The molecule has 0 bridgehead atoms. The van der Waals surface area contributed by atoms with Crippen LogP contribution in [0.15, 0.2) is 75.4 Å². The van der Waals surface area contributed by atoms with Gasteiger partial charge in [0.1, 0.15) is 11.5 Å². The van der Waals surface area contributed by atoms with Crippen LogP contribution in [-0.2, 0) is 6.42 Å². The van der Waals surface area contributed by atoms with E-state index in [-0.39, 0.29) is 17.2 Å². The van der Waals surface area contributed by atoms with E-state index in [1.807, 2.05) is 54.8 Å². The summed E-state index contributed by atoms with van der Waals surface area (Å²) in [6, 6.07) is 18.0. The Hall–Kier alpha value is -4.31. The fraction of sp³-hybridized carbons (Fsp3) is 0.125. The van der Waals surface area contributed by atoms with E-state index in [1.54, 1.807) is 12.1 Å². The van der Waals surface area contributed by atoms with Crippen molar-refractivity contribution in [2.45, 2.75) is 19.8 Å². The maximum atomic E-state index is 13.0. The number of H-pyrrole nitrogens is 1. The molecule has 0 unspecified atom stereocenters. The Balaban J connectivity index is 1.50. The van der Waals surface area contributed by atoms with Gasteiger partial charge >= 0.3 is 0 Å². The first-order valence-corrected chi connectivity index (χ1v) is 11.6. The van der Waals surface area contributed by atoms with E-state index in [2.05, 4.69) is 25.5 Å². The molecule has 10 heteroatoms. The number of rotatable bonds is 7. The normalized spacial score (nSPS) is 11.0. The lowest BCUT2D eigenvalue weighted by molar-refractivity contribution is 0.101. The maximum absolute atomic E-state index is 13.0. The summed E-state index contributed by atoms with van der Waals surface area (Å²) in [6.45, 7) is 2.01. The van der Waals surface area contributed by atoms with E-state index in [0.717, 1.165) is 16.9 Å². The maximum Gasteiger partial charge on any atom is 0.279 e. The van der Waals surface area contributed by atoms with Gasteiger partial charge in [0.05, 0.1) is 4.88 Å². The molecule has 2 N–H and O–H groups in total. The molecule has 0 atom stereocenters. The van der Waals surface area contributed by atoms with E-state index < -0.39 is 5.91 Å². The molecular weight excluding hydrogens is 452 g/mol. The number of thiophene rings is 1. The molecule has 0 fully saturated rings. The Kier molecular flexibility index (Phi) is 5.88. The van der Waals surface area contributed by atoms with Crippen LogP contribution in [0.2, 0.25) is 0 Å². The van der Waals surface area contributed by atoms with E-state index in [4.69, 9.17) is 4.52 Å². The molecule has 0 spiro atoms. The molecular formula is C24H20N6O3S. The van der Waals surface area contributed by atoms with Crippen molar-refractivity contribution in [1.29, 1.82) is 0 Å². The molecule has 4 aromatic heterocycles. The molecule has 1 aromatic carbocycles. The third kappa shape index (κ3) is 4.44. The molecule has 4 heterocycles. The Labute approximate surface area is 198 Å². The average molecular weight is 473 g/mol. The molecule has 0 saturated heterocycles. The van der Waals surface area contributed by atoms with Gasteiger partial charge in [-0.2, -0.15) is 9.78 Å². The average Bonchev–Trinajstić information content (AvgIpc) is 3.60. The number of benzene rings is 1. The molecule has 0 radical (unpaired) electrons. The molecule has 0 aliphatic carbocycles. The van der Waals surface area contributed by atoms with Gasteiger partial charge in [0.2, 0.25) is 5.95 Å². The van der Waals surface area contributed by atoms with Gasteiger partial charge in [0.25, 0.3) is 11.5 Å². The minimum atomic E-state index is -0.475. The largest absolute Gasteiger partial charge is 0.355 e. The van der Waals surface area contributed by atoms with Gasteiger partial charge in [-0.05, 0) is 17.9 Å². The summed E-state index contributed by atoms with van der Waals surface area (Å²) in [5.41, 5.74) is 1.93. The first kappa shape index (κ1) is 21.5. The highest BCUT2D eigenvalue weighted by Crippen LogP contribution is 2.28. The third-order valence-corrected chi connectivity index (χ3v) is 5.91. The van der Waals surface area contributed by atoms with Crippen molar-refractivity contribution in [2.75, 3.05) is 5.32 Å². The molecule has 5 aromatic rings. The van der Waals surface area contributed by atoms with Crippen LogP contribution >= 0.6 is 11.3 Å². The molecule has 5 rings (SSSR count). The summed E-state index contributed by atoms with van der Waals surface area (Å²) < 4.78 is 6.78. The predicted octanol–water partition coefficient (Wildman–Crippen LogP) is 4.54. The lowest BCUT2D eigenvalue weighted by Crippen LogP contribution is -2.19. The Morgan fingerprint density at radius 1 is 1.15 bits per heavy atom. The van der Waals surface area contributed by atoms with Gasteiger partial charge in [0.15, 0.2) is 11.5 Å². The van der Waals surface area contributed by atoms with Crippen molar-refractivity contribution in [1.82, 2.24) is 24.9 Å². The van der Waals surface area contributed by atoms with Crippen LogP contribution < -0.4 is 10.9 Å². The quantitative estimate of drug-likeness (QED) is 0.359. The first-order chi connectivity index (χ1) is 16.6. The second kappa shape index (κ2) is 9.28. The second-order valence-electron chi connectivity index (χ2n) is 7.51. The topological polar surface area (TPSA) is 119 Å². The van der Waals surface area contributed by atoms with E-state index in [9.17, 15) is 9.59 Å². The molecule has 34 heavy (non-hydrogen) atoms. The van der Waals surface area contributed by atoms with Gasteiger partial charge in [-0.15, -0.1) is 11.3 Å². The standard InChI is InChI=1S/C24H20N6O3S/c1-2-7-16-12-22(31)27-24(25-16)30-21(14-17(28-30)20-10-6-11-34-20)26-23(32)18-13-19(33-29-18)15-8-4-3-5-9-15/h3-6,8-14H,2,7H2,1H3,(H,26,32)(H,25,27,31). The van der Waals surface area contributed by atoms with Gasteiger partial charge in [-0.3, -0.25) is 14.6 Å². The van der Waals surface area contributed by atoms with Crippen LogP contribution in [0.25, 0.3) is 27.8 Å². The Morgan fingerprint density at radius 2 is 2.00 bits per heavy atom. The number of hydrogen-bond donors (Lipinski definition) is 2. The van der Waals surface area contributed by atoms with Gasteiger partial charge in [-0.25, -0.2) is 4.98 Å². The lowest BCUT2D eigenvalue weighted by atomic mass is 10.1. The smallest absolute Gasteiger partial charge is 0.279 e. The van der Waals surface area contributed by atoms with Gasteiger partial charge in [-0.1, -0.05) is 54.9 Å². The monoisotopic (exact) mass is 472 g/mol. The number of aromatic amines is 1. The minimum absolute atomic E-state index is 0.116. The van der Waals surface area contributed by atoms with E-state index in [1.165, 1.54) is 22.1 Å². The van der Waals surface area contributed by atoms with Crippen molar-refractivity contribution >= 4 is 23.1 Å². The Morgan fingerprint density at radius 3 is 2.76 bits per heavy atom. The first-order valence-electron chi connectivity index (χ1n) is 10.7. The molecule has 0 aliphatic rings.